The van der Waals surface area contributed by atoms with Crippen LogP contribution < -0.4 is 4.57 Å². The Morgan fingerprint density at radius 3 is 2.85 bits per heavy atom. The molecular weight excluding hydrogens is 242 g/mol. The molecule has 0 fully saturated rings. The van der Waals surface area contributed by atoms with Crippen molar-refractivity contribution in [1.82, 2.24) is 0 Å². The molecule has 2 aromatic carbocycles. The Labute approximate surface area is 130 Å². The molecular formula is C19H20N+. The standard InChI is InChI=1S/C19H20N/c1-13-11-14(2)15(3)18(12-13)19-17-8-6-5-7-16(17)9-10-20(19)4/h5-12H,1-4H3/q+1/i1D3,2D3,5D. The molecule has 0 unspecified atom stereocenters. The molecule has 0 atom stereocenters. The highest BCUT2D eigenvalue weighted by molar-refractivity contribution is 5.93. The number of fused-ring (bicyclic) bond motifs is 1. The van der Waals surface area contributed by atoms with Gasteiger partial charge in [-0.05, 0) is 49.3 Å². The summed E-state index contributed by atoms with van der Waals surface area (Å²) < 4.78 is 56.5. The van der Waals surface area contributed by atoms with E-state index in [2.05, 4.69) is 0 Å². The monoisotopic (exact) mass is 269 g/mol. The molecule has 100 valence electrons. The molecule has 3 rings (SSSR count). The normalized spacial score (nSPS) is 17.4. The van der Waals surface area contributed by atoms with Gasteiger partial charge in [-0.3, -0.25) is 0 Å². The fraction of sp³-hybridized carbons (Fsp3) is 0.211. The van der Waals surface area contributed by atoms with Crippen molar-refractivity contribution in [2.24, 2.45) is 7.05 Å². The molecule has 0 aliphatic heterocycles. The van der Waals surface area contributed by atoms with Crippen molar-refractivity contribution >= 4 is 10.8 Å². The van der Waals surface area contributed by atoms with Crippen molar-refractivity contribution in [2.75, 3.05) is 0 Å². The molecule has 20 heavy (non-hydrogen) atoms. The van der Waals surface area contributed by atoms with Crippen LogP contribution in [0.5, 0.6) is 0 Å². The topological polar surface area (TPSA) is 3.88 Å². The third-order valence-electron chi connectivity index (χ3n) is 3.64. The van der Waals surface area contributed by atoms with Crippen LogP contribution in [0.15, 0.2) is 48.6 Å². The Morgan fingerprint density at radius 2 is 2.05 bits per heavy atom. The first kappa shape index (κ1) is 7.03. The molecule has 1 heterocycles. The molecule has 0 spiro atoms. The highest BCUT2D eigenvalue weighted by Crippen LogP contribution is 2.30. The molecule has 0 saturated heterocycles. The average molecular weight is 269 g/mol. The number of hydrogen-bond donors (Lipinski definition) is 0. The molecule has 0 saturated carbocycles. The van der Waals surface area contributed by atoms with Crippen LogP contribution in [0, 0.1) is 20.6 Å². The van der Waals surface area contributed by atoms with E-state index in [1.807, 2.05) is 29.9 Å². The van der Waals surface area contributed by atoms with Crippen LogP contribution in [0.4, 0.5) is 0 Å². The number of hydrogen-bond acceptors (Lipinski definition) is 0. The smallest absolute Gasteiger partial charge is 0.200 e. The summed E-state index contributed by atoms with van der Waals surface area (Å²) in [7, 11) is 1.83. The van der Waals surface area contributed by atoms with Gasteiger partial charge in [0.05, 0.1) is 12.3 Å². The van der Waals surface area contributed by atoms with Crippen LogP contribution in [0.3, 0.4) is 0 Å². The van der Waals surface area contributed by atoms with Gasteiger partial charge < -0.3 is 0 Å². The summed E-state index contributed by atoms with van der Waals surface area (Å²) in [6, 6.07) is 10.3. The molecule has 1 nitrogen and oxygen atoms in total. The SMILES string of the molecule is [2H]c1ccc2c(-c3cc(C([2H])([2H])[2H])cc(C([2H])([2H])[2H])c3C)[n+](C)ccc2c1. The van der Waals surface area contributed by atoms with E-state index >= 15 is 0 Å². The van der Waals surface area contributed by atoms with E-state index in [9.17, 15) is 0 Å². The minimum atomic E-state index is -2.42. The molecule has 1 heteroatoms. The van der Waals surface area contributed by atoms with Crippen molar-refractivity contribution in [1.29, 1.82) is 0 Å². The lowest BCUT2D eigenvalue weighted by Gasteiger charge is -2.11. The second-order valence-electron chi connectivity index (χ2n) is 4.98. The third kappa shape index (κ3) is 2.00. The fourth-order valence-corrected chi connectivity index (χ4v) is 2.55. The minimum Gasteiger partial charge on any atom is -0.200 e. The van der Waals surface area contributed by atoms with E-state index < -0.39 is 13.7 Å². The number of pyridine rings is 1. The Balaban J connectivity index is 2.45. The van der Waals surface area contributed by atoms with Gasteiger partial charge in [0.1, 0.15) is 7.05 Å². The largest absolute Gasteiger partial charge is 0.220 e. The van der Waals surface area contributed by atoms with E-state index in [4.69, 9.17) is 9.60 Å². The maximum absolute atomic E-state index is 7.84. The van der Waals surface area contributed by atoms with Crippen LogP contribution in [0.1, 0.15) is 26.3 Å². The Kier molecular flexibility index (Phi) is 1.67. The average Bonchev–Trinajstić information content (AvgIpc) is 2.53. The van der Waals surface area contributed by atoms with Crippen molar-refractivity contribution < 1.29 is 14.2 Å². The Morgan fingerprint density at radius 1 is 1.15 bits per heavy atom. The van der Waals surface area contributed by atoms with Gasteiger partial charge in [-0.2, -0.15) is 0 Å². The van der Waals surface area contributed by atoms with E-state index in [0.717, 1.165) is 16.5 Å². The Bertz CT molecular complexity index is 1030. The highest BCUT2D eigenvalue weighted by Gasteiger charge is 2.17. The summed E-state index contributed by atoms with van der Waals surface area (Å²) in [5, 5.41) is 1.67. The zero-order valence-corrected chi connectivity index (χ0v) is 11.5. The third-order valence-corrected chi connectivity index (χ3v) is 3.64. The molecule has 0 amide bonds. The van der Waals surface area contributed by atoms with Gasteiger partial charge in [0, 0.05) is 14.3 Å². The summed E-state index contributed by atoms with van der Waals surface area (Å²) in [5.74, 6) is 0. The summed E-state index contributed by atoms with van der Waals surface area (Å²) in [5.41, 5.74) is 1.87. The second-order valence-corrected chi connectivity index (χ2v) is 4.98. The molecule has 0 N–H and O–H groups in total. The van der Waals surface area contributed by atoms with E-state index in [1.165, 1.54) is 6.07 Å². The number of aryl methyl sites for hydroxylation is 3. The minimum absolute atomic E-state index is 0.00309. The van der Waals surface area contributed by atoms with E-state index in [1.54, 1.807) is 25.1 Å². The van der Waals surface area contributed by atoms with Crippen molar-refractivity contribution in [3.8, 4) is 11.3 Å². The highest BCUT2D eigenvalue weighted by atomic mass is 14.9. The van der Waals surface area contributed by atoms with Gasteiger partial charge in [0.2, 0.25) is 5.69 Å². The van der Waals surface area contributed by atoms with E-state index in [0.29, 0.717) is 17.2 Å². The van der Waals surface area contributed by atoms with Gasteiger partial charge in [0.25, 0.3) is 0 Å². The molecule has 1 aromatic heterocycles. The van der Waals surface area contributed by atoms with Crippen molar-refractivity contribution in [3.63, 3.8) is 0 Å². The van der Waals surface area contributed by atoms with Gasteiger partial charge in [-0.1, -0.05) is 29.8 Å². The Hall–Kier alpha value is -2.15. The van der Waals surface area contributed by atoms with Gasteiger partial charge in [-0.15, -0.1) is 0 Å². The number of aromatic nitrogens is 1. The van der Waals surface area contributed by atoms with Crippen LogP contribution in [-0.2, 0) is 7.05 Å². The first-order chi connectivity index (χ1) is 12.4. The lowest BCUT2D eigenvalue weighted by atomic mass is 9.95. The van der Waals surface area contributed by atoms with Crippen LogP contribution in [0.25, 0.3) is 22.0 Å². The lowest BCUT2D eigenvalue weighted by molar-refractivity contribution is -0.659. The van der Waals surface area contributed by atoms with Crippen LogP contribution in [0.2, 0.25) is 0 Å². The molecule has 0 aliphatic rings. The summed E-state index contributed by atoms with van der Waals surface area (Å²) in [6.45, 7) is -3.13. The van der Waals surface area contributed by atoms with Crippen LogP contribution >= 0.6 is 0 Å². The predicted molar refractivity (Wildman–Crippen MR) is 84.8 cm³/mol. The van der Waals surface area contributed by atoms with Gasteiger partial charge in [0.15, 0.2) is 6.20 Å². The van der Waals surface area contributed by atoms with Crippen molar-refractivity contribution in [3.05, 3.63) is 65.3 Å². The first-order valence-electron chi connectivity index (χ1n) is 9.94. The zero-order valence-electron chi connectivity index (χ0n) is 18.5. The molecule has 0 aliphatic carbocycles. The number of nitrogens with zero attached hydrogens (tertiary/aromatic N) is 1. The fourth-order valence-electron chi connectivity index (χ4n) is 2.55. The molecule has 3 aromatic rings. The number of rotatable bonds is 1. The number of benzene rings is 2. The molecule has 0 radical (unpaired) electrons. The summed E-state index contributed by atoms with van der Waals surface area (Å²) in [6.07, 6.45) is 1.83. The zero-order chi connectivity index (χ0) is 20.1. The van der Waals surface area contributed by atoms with E-state index in [-0.39, 0.29) is 11.1 Å². The summed E-state index contributed by atoms with van der Waals surface area (Å²) in [4.78, 5) is 0. The molecule has 0 bridgehead atoms. The van der Waals surface area contributed by atoms with Gasteiger partial charge in [-0.25, -0.2) is 4.57 Å². The quantitative estimate of drug-likeness (QED) is 0.581. The van der Waals surface area contributed by atoms with Crippen molar-refractivity contribution in [2.45, 2.75) is 20.6 Å². The summed E-state index contributed by atoms with van der Waals surface area (Å²) >= 11 is 0. The van der Waals surface area contributed by atoms with Gasteiger partial charge >= 0.3 is 0 Å². The lowest BCUT2D eigenvalue weighted by Crippen LogP contribution is -2.30. The van der Waals surface area contributed by atoms with Crippen LogP contribution in [-0.4, -0.2) is 0 Å². The first-order valence-corrected chi connectivity index (χ1v) is 6.44. The predicted octanol–water partition coefficient (Wildman–Crippen LogP) is 4.26. The maximum Gasteiger partial charge on any atom is 0.220 e. The maximum atomic E-state index is 7.84. The second kappa shape index (κ2) is 4.75.